The van der Waals surface area contributed by atoms with Gasteiger partial charge in [-0.05, 0) is 39.2 Å². The topological polar surface area (TPSA) is 87.5 Å². The summed E-state index contributed by atoms with van der Waals surface area (Å²) < 4.78 is 11.8. The molecule has 0 spiro atoms. The molecule has 0 saturated carbocycles. The van der Waals surface area contributed by atoms with Crippen LogP contribution in [0.5, 0.6) is 0 Å². The number of aromatic nitrogens is 2. The Kier molecular flexibility index (Phi) is 7.12. The minimum absolute atomic E-state index is 0.204. The summed E-state index contributed by atoms with van der Waals surface area (Å²) in [5, 5.41) is 0.340. The van der Waals surface area contributed by atoms with E-state index in [0.29, 0.717) is 33.7 Å². The summed E-state index contributed by atoms with van der Waals surface area (Å²) >= 11 is 1.13. The number of aryl methyl sites for hydroxylation is 1. The van der Waals surface area contributed by atoms with Crippen molar-refractivity contribution in [1.82, 2.24) is 9.55 Å². The van der Waals surface area contributed by atoms with Crippen molar-refractivity contribution in [3.05, 3.63) is 27.1 Å². The largest absolute Gasteiger partial charge is 0.464 e. The molecule has 0 fully saturated rings. The maximum atomic E-state index is 12.9. The lowest BCUT2D eigenvalue weighted by atomic mass is 10.2. The molecule has 0 aliphatic heterocycles. The number of esters is 2. The van der Waals surface area contributed by atoms with E-state index in [2.05, 4.69) is 4.98 Å². The van der Waals surface area contributed by atoms with E-state index < -0.39 is 18.0 Å². The van der Waals surface area contributed by atoms with Gasteiger partial charge in [0.25, 0.3) is 5.56 Å². The maximum absolute atomic E-state index is 12.9. The van der Waals surface area contributed by atoms with Crippen molar-refractivity contribution >= 4 is 33.5 Å². The van der Waals surface area contributed by atoms with Crippen LogP contribution in [0.2, 0.25) is 0 Å². The van der Waals surface area contributed by atoms with E-state index >= 15 is 0 Å². The Morgan fingerprint density at radius 1 is 1.30 bits per heavy atom. The Morgan fingerprint density at radius 3 is 2.63 bits per heavy atom. The molecule has 2 unspecified atom stereocenters. The third-order valence-electron chi connectivity index (χ3n) is 4.45. The van der Waals surface area contributed by atoms with Gasteiger partial charge in [-0.1, -0.05) is 20.3 Å². The highest BCUT2D eigenvalue weighted by molar-refractivity contribution is 7.20. The molecular weight excluding hydrogens is 368 g/mol. The SMILES string of the molecule is CCCCOC(=O)C(C)n1cnc2sc(C(=O)OC(C)CC)c(C)c2c1=O. The van der Waals surface area contributed by atoms with Gasteiger partial charge in [0, 0.05) is 0 Å². The average Bonchev–Trinajstić information content (AvgIpc) is 2.99. The maximum Gasteiger partial charge on any atom is 0.348 e. The van der Waals surface area contributed by atoms with Crippen LogP contribution in [0.1, 0.15) is 68.2 Å². The van der Waals surface area contributed by atoms with Crippen LogP contribution < -0.4 is 5.56 Å². The summed E-state index contributed by atoms with van der Waals surface area (Å²) in [5.74, 6) is -0.932. The summed E-state index contributed by atoms with van der Waals surface area (Å²) in [5.41, 5.74) is 0.165. The van der Waals surface area contributed by atoms with Gasteiger partial charge in [-0.3, -0.25) is 9.36 Å². The molecule has 0 amide bonds. The number of rotatable bonds is 8. The van der Waals surface area contributed by atoms with Crippen LogP contribution in [0.25, 0.3) is 10.2 Å². The Hall–Kier alpha value is -2.22. The highest BCUT2D eigenvalue weighted by Gasteiger charge is 2.24. The van der Waals surface area contributed by atoms with E-state index in [9.17, 15) is 14.4 Å². The van der Waals surface area contributed by atoms with Gasteiger partial charge in [-0.15, -0.1) is 11.3 Å². The highest BCUT2D eigenvalue weighted by Crippen LogP contribution is 2.28. The fraction of sp³-hybridized carbons (Fsp3) is 0.579. The number of ether oxygens (including phenoxy) is 2. The molecule has 8 heteroatoms. The zero-order valence-corrected chi connectivity index (χ0v) is 17.2. The molecule has 0 aliphatic carbocycles. The highest BCUT2D eigenvalue weighted by atomic mass is 32.1. The van der Waals surface area contributed by atoms with E-state index in [1.54, 1.807) is 13.8 Å². The molecule has 148 valence electrons. The van der Waals surface area contributed by atoms with Crippen molar-refractivity contribution < 1.29 is 19.1 Å². The first-order valence-corrected chi connectivity index (χ1v) is 10.0. The molecule has 0 bridgehead atoms. The second-order valence-corrected chi connectivity index (χ2v) is 7.51. The molecule has 0 radical (unpaired) electrons. The lowest BCUT2D eigenvalue weighted by Crippen LogP contribution is -2.29. The molecular formula is C19H26N2O5S. The van der Waals surface area contributed by atoms with Gasteiger partial charge >= 0.3 is 11.9 Å². The Bertz CT molecular complexity index is 886. The smallest absolute Gasteiger partial charge is 0.348 e. The van der Waals surface area contributed by atoms with E-state index in [4.69, 9.17) is 9.47 Å². The molecule has 2 atom stereocenters. The predicted octanol–water partition coefficient (Wildman–Crippen LogP) is 3.63. The van der Waals surface area contributed by atoms with Crippen molar-refractivity contribution in [3.8, 4) is 0 Å². The monoisotopic (exact) mass is 394 g/mol. The zero-order valence-electron chi connectivity index (χ0n) is 16.4. The molecule has 0 saturated heterocycles. The first-order valence-electron chi connectivity index (χ1n) is 9.19. The van der Waals surface area contributed by atoms with Crippen LogP contribution in [0, 0.1) is 6.92 Å². The van der Waals surface area contributed by atoms with Crippen molar-refractivity contribution in [2.45, 2.75) is 66.0 Å². The first-order chi connectivity index (χ1) is 12.8. The summed E-state index contributed by atoms with van der Waals surface area (Å²) in [6, 6.07) is -0.791. The summed E-state index contributed by atoms with van der Waals surface area (Å²) in [6.07, 6.45) is 3.52. The zero-order chi connectivity index (χ0) is 20.1. The van der Waals surface area contributed by atoms with Crippen molar-refractivity contribution in [2.24, 2.45) is 0 Å². The lowest BCUT2D eigenvalue weighted by Gasteiger charge is -2.14. The summed E-state index contributed by atoms with van der Waals surface area (Å²) in [7, 11) is 0. The van der Waals surface area contributed by atoms with E-state index in [1.165, 1.54) is 10.9 Å². The molecule has 0 aromatic carbocycles. The molecule has 2 aromatic rings. The normalized spacial score (nSPS) is 13.4. The van der Waals surface area contributed by atoms with Gasteiger partial charge in [0.05, 0.1) is 24.4 Å². The quantitative estimate of drug-likeness (QED) is 0.502. The Morgan fingerprint density at radius 2 is 2.00 bits per heavy atom. The van der Waals surface area contributed by atoms with Gasteiger partial charge in [-0.2, -0.15) is 0 Å². The number of carbonyl (C=O) groups is 2. The molecule has 2 aromatic heterocycles. The van der Waals surface area contributed by atoms with E-state index in [-0.39, 0.29) is 11.7 Å². The second kappa shape index (κ2) is 9.12. The Labute approximate surface area is 162 Å². The van der Waals surface area contributed by atoms with Crippen LogP contribution in [-0.4, -0.2) is 34.2 Å². The van der Waals surface area contributed by atoms with Crippen LogP contribution in [0.4, 0.5) is 0 Å². The number of nitrogens with zero attached hydrogens (tertiary/aromatic N) is 2. The first kappa shape index (κ1) is 21.1. The van der Waals surface area contributed by atoms with E-state index in [1.807, 2.05) is 20.8 Å². The average molecular weight is 394 g/mol. The molecule has 2 rings (SSSR count). The van der Waals surface area contributed by atoms with Gasteiger partial charge in [0.15, 0.2) is 0 Å². The number of hydrogen-bond acceptors (Lipinski definition) is 7. The predicted molar refractivity (Wildman–Crippen MR) is 104 cm³/mol. The van der Waals surface area contributed by atoms with Crippen molar-refractivity contribution in [2.75, 3.05) is 6.61 Å². The number of hydrogen-bond donors (Lipinski definition) is 0. The molecule has 0 aliphatic rings. The third kappa shape index (κ3) is 4.55. The van der Waals surface area contributed by atoms with Gasteiger partial charge < -0.3 is 9.47 Å². The third-order valence-corrected chi connectivity index (χ3v) is 5.62. The molecule has 27 heavy (non-hydrogen) atoms. The summed E-state index contributed by atoms with van der Waals surface area (Å²) in [4.78, 5) is 42.5. The standard InChI is InChI=1S/C19H26N2O5S/c1-6-8-9-25-18(23)13(5)21-10-20-16-14(17(21)22)12(4)15(27-16)19(24)26-11(3)7-2/h10-11,13H,6-9H2,1-5H3. The number of fused-ring (bicyclic) bond motifs is 1. The fourth-order valence-electron chi connectivity index (χ4n) is 2.48. The van der Waals surface area contributed by atoms with Crippen LogP contribution >= 0.6 is 11.3 Å². The van der Waals surface area contributed by atoms with Gasteiger partial charge in [0.1, 0.15) is 15.7 Å². The minimum Gasteiger partial charge on any atom is -0.464 e. The molecule has 2 heterocycles. The van der Waals surface area contributed by atoms with Crippen molar-refractivity contribution in [3.63, 3.8) is 0 Å². The van der Waals surface area contributed by atoms with Crippen LogP contribution in [0.3, 0.4) is 0 Å². The van der Waals surface area contributed by atoms with Gasteiger partial charge in [-0.25, -0.2) is 14.6 Å². The fourth-order valence-corrected chi connectivity index (χ4v) is 3.50. The van der Waals surface area contributed by atoms with Crippen molar-refractivity contribution in [1.29, 1.82) is 0 Å². The molecule has 0 N–H and O–H groups in total. The number of unbranched alkanes of at least 4 members (excludes halogenated alkanes) is 1. The van der Waals surface area contributed by atoms with Gasteiger partial charge in [0.2, 0.25) is 0 Å². The minimum atomic E-state index is -0.791. The Balaban J connectivity index is 2.36. The molecule has 7 nitrogen and oxygen atoms in total. The summed E-state index contributed by atoms with van der Waals surface area (Å²) in [6.45, 7) is 9.37. The number of thiophene rings is 1. The second-order valence-electron chi connectivity index (χ2n) is 6.51. The van der Waals surface area contributed by atoms with E-state index in [0.717, 1.165) is 24.2 Å². The number of carbonyl (C=O) groups excluding carboxylic acids is 2. The lowest BCUT2D eigenvalue weighted by molar-refractivity contribution is -0.147. The van der Waals surface area contributed by atoms with Crippen LogP contribution in [-0.2, 0) is 14.3 Å². The van der Waals surface area contributed by atoms with Crippen LogP contribution in [0.15, 0.2) is 11.1 Å².